The summed E-state index contributed by atoms with van der Waals surface area (Å²) >= 11 is 0. The van der Waals surface area contributed by atoms with Crippen LogP contribution >= 0.6 is 0 Å². The Morgan fingerprint density at radius 1 is 1.28 bits per heavy atom. The van der Waals surface area contributed by atoms with E-state index in [0.29, 0.717) is 6.61 Å². The van der Waals surface area contributed by atoms with E-state index in [2.05, 4.69) is 5.32 Å². The van der Waals surface area contributed by atoms with Gasteiger partial charge in [-0.2, -0.15) is 0 Å². The highest BCUT2D eigenvalue weighted by Gasteiger charge is 2.24. The molecule has 0 aliphatic rings. The first-order chi connectivity index (χ1) is 8.15. The van der Waals surface area contributed by atoms with Gasteiger partial charge in [0.2, 0.25) is 0 Å². The normalized spacial score (nSPS) is 13.1. The minimum Gasteiger partial charge on any atom is -0.464 e. The van der Waals surface area contributed by atoms with E-state index in [-0.39, 0.29) is 12.5 Å². The number of esters is 1. The van der Waals surface area contributed by atoms with E-state index in [4.69, 9.17) is 15.2 Å². The van der Waals surface area contributed by atoms with E-state index in [1.807, 2.05) is 13.8 Å². The molecule has 3 N–H and O–H groups in total. The van der Waals surface area contributed by atoms with Gasteiger partial charge in [0.1, 0.15) is 11.6 Å². The van der Waals surface area contributed by atoms with Gasteiger partial charge in [0, 0.05) is 6.54 Å². The molecule has 0 saturated heterocycles. The second-order valence-corrected chi connectivity index (χ2v) is 5.46. The van der Waals surface area contributed by atoms with Crippen molar-refractivity contribution in [3.63, 3.8) is 0 Å². The zero-order valence-corrected chi connectivity index (χ0v) is 11.8. The zero-order chi connectivity index (χ0) is 14.3. The van der Waals surface area contributed by atoms with Gasteiger partial charge in [0.05, 0.1) is 6.61 Å². The molecule has 1 amide bonds. The smallest absolute Gasteiger partial charge is 0.408 e. The van der Waals surface area contributed by atoms with E-state index in [1.54, 1.807) is 20.8 Å². The lowest BCUT2D eigenvalue weighted by molar-refractivity contribution is -0.147. The van der Waals surface area contributed by atoms with Gasteiger partial charge in [-0.15, -0.1) is 0 Å². The fraction of sp³-hybridized carbons (Fsp3) is 0.833. The quantitative estimate of drug-likeness (QED) is 0.721. The largest absolute Gasteiger partial charge is 0.464 e. The molecule has 1 atom stereocenters. The Morgan fingerprint density at radius 2 is 1.83 bits per heavy atom. The first-order valence-electron chi connectivity index (χ1n) is 6.02. The molecule has 0 rings (SSSR count). The van der Waals surface area contributed by atoms with E-state index < -0.39 is 23.7 Å². The van der Waals surface area contributed by atoms with Crippen LogP contribution < -0.4 is 11.1 Å². The van der Waals surface area contributed by atoms with Gasteiger partial charge in [-0.1, -0.05) is 13.8 Å². The molecule has 0 heterocycles. The topological polar surface area (TPSA) is 90.6 Å². The molecule has 0 fully saturated rings. The Bertz CT molecular complexity index is 284. The summed E-state index contributed by atoms with van der Waals surface area (Å²) in [6.45, 7) is 9.32. The molecule has 0 bridgehead atoms. The molecule has 106 valence electrons. The summed E-state index contributed by atoms with van der Waals surface area (Å²) in [4.78, 5) is 23.1. The maximum absolute atomic E-state index is 11.6. The lowest BCUT2D eigenvalue weighted by Gasteiger charge is -2.22. The molecule has 6 nitrogen and oxygen atoms in total. The Morgan fingerprint density at radius 3 is 2.22 bits per heavy atom. The highest BCUT2D eigenvalue weighted by Crippen LogP contribution is 2.07. The van der Waals surface area contributed by atoms with Gasteiger partial charge in [-0.3, -0.25) is 0 Å². The predicted molar refractivity (Wildman–Crippen MR) is 68.0 cm³/mol. The molecule has 18 heavy (non-hydrogen) atoms. The summed E-state index contributed by atoms with van der Waals surface area (Å²) in [5, 5.41) is 2.39. The van der Waals surface area contributed by atoms with Crippen molar-refractivity contribution in [1.29, 1.82) is 0 Å². The Balaban J connectivity index is 4.25. The summed E-state index contributed by atoms with van der Waals surface area (Å²) in [6.07, 6.45) is -0.681. The van der Waals surface area contributed by atoms with Crippen molar-refractivity contribution in [2.45, 2.75) is 46.3 Å². The second-order valence-electron chi connectivity index (χ2n) is 5.46. The monoisotopic (exact) mass is 260 g/mol. The van der Waals surface area contributed by atoms with Crippen LogP contribution in [-0.2, 0) is 14.3 Å². The number of carbonyl (C=O) groups excluding carboxylic acids is 2. The highest BCUT2D eigenvalue weighted by atomic mass is 16.6. The minimum atomic E-state index is -0.876. The van der Waals surface area contributed by atoms with Crippen molar-refractivity contribution in [3.8, 4) is 0 Å². The zero-order valence-electron chi connectivity index (χ0n) is 11.8. The maximum Gasteiger partial charge on any atom is 0.408 e. The molecule has 0 aromatic rings. The summed E-state index contributed by atoms with van der Waals surface area (Å²) in [5.41, 5.74) is 4.80. The molecular formula is C12H24N2O4. The standard InChI is InChI=1S/C12H24N2O4/c1-8(2)7-17-10(15)9(6-13)14-11(16)18-12(3,4)5/h8-9H,6-7,13H2,1-5H3,(H,14,16)/t9-/m0/s1. The molecule has 0 radical (unpaired) electrons. The molecule has 0 unspecified atom stereocenters. The summed E-state index contributed by atoms with van der Waals surface area (Å²) in [5.74, 6) is -0.314. The van der Waals surface area contributed by atoms with E-state index in [0.717, 1.165) is 0 Å². The van der Waals surface area contributed by atoms with E-state index in [9.17, 15) is 9.59 Å². The first kappa shape index (κ1) is 16.7. The fourth-order valence-corrected chi connectivity index (χ4v) is 1.01. The average molecular weight is 260 g/mol. The molecule has 0 aliphatic carbocycles. The van der Waals surface area contributed by atoms with Crippen LogP contribution in [-0.4, -0.2) is 36.9 Å². The highest BCUT2D eigenvalue weighted by molar-refractivity contribution is 5.81. The van der Waals surface area contributed by atoms with Gasteiger partial charge in [-0.25, -0.2) is 9.59 Å². The third-order valence-electron chi connectivity index (χ3n) is 1.77. The number of carbonyl (C=O) groups is 2. The molecule has 0 saturated carbocycles. The third-order valence-corrected chi connectivity index (χ3v) is 1.77. The number of ether oxygens (including phenoxy) is 2. The van der Waals surface area contributed by atoms with Crippen molar-refractivity contribution in [2.75, 3.05) is 13.2 Å². The van der Waals surface area contributed by atoms with Gasteiger partial charge in [0.15, 0.2) is 0 Å². The summed E-state index contributed by atoms with van der Waals surface area (Å²) < 4.78 is 10.0. The van der Waals surface area contributed by atoms with Crippen molar-refractivity contribution in [3.05, 3.63) is 0 Å². The number of hydrogen-bond acceptors (Lipinski definition) is 5. The molecule has 0 aromatic heterocycles. The average Bonchev–Trinajstić information content (AvgIpc) is 2.19. The van der Waals surface area contributed by atoms with Crippen molar-refractivity contribution in [2.24, 2.45) is 11.7 Å². The lowest BCUT2D eigenvalue weighted by Crippen LogP contribution is -2.48. The number of hydrogen-bond donors (Lipinski definition) is 2. The van der Waals surface area contributed by atoms with E-state index in [1.165, 1.54) is 0 Å². The van der Waals surface area contributed by atoms with Gasteiger partial charge in [0.25, 0.3) is 0 Å². The van der Waals surface area contributed by atoms with Crippen molar-refractivity contribution < 1.29 is 19.1 Å². The Labute approximate surface area is 108 Å². The second kappa shape index (κ2) is 7.20. The van der Waals surface area contributed by atoms with Gasteiger partial charge < -0.3 is 20.5 Å². The Kier molecular flexibility index (Phi) is 6.68. The minimum absolute atomic E-state index is 0.0316. The van der Waals surface area contributed by atoms with Crippen LogP contribution in [0.3, 0.4) is 0 Å². The van der Waals surface area contributed by atoms with Crippen LogP contribution in [0.4, 0.5) is 4.79 Å². The van der Waals surface area contributed by atoms with Crippen LogP contribution in [0.2, 0.25) is 0 Å². The van der Waals surface area contributed by atoms with Gasteiger partial charge >= 0.3 is 12.1 Å². The maximum atomic E-state index is 11.6. The van der Waals surface area contributed by atoms with Crippen molar-refractivity contribution in [1.82, 2.24) is 5.32 Å². The molecule has 6 heteroatoms. The van der Waals surface area contributed by atoms with Crippen LogP contribution in [0.15, 0.2) is 0 Å². The molecule has 0 aliphatic heterocycles. The SMILES string of the molecule is CC(C)COC(=O)[C@H](CN)NC(=O)OC(C)(C)C. The number of nitrogens with one attached hydrogen (secondary N) is 1. The molecule has 0 aromatic carbocycles. The van der Waals surface area contributed by atoms with Gasteiger partial charge in [-0.05, 0) is 26.7 Å². The van der Waals surface area contributed by atoms with Crippen LogP contribution in [0.5, 0.6) is 0 Å². The van der Waals surface area contributed by atoms with Crippen LogP contribution in [0.25, 0.3) is 0 Å². The number of amides is 1. The first-order valence-corrected chi connectivity index (χ1v) is 6.02. The number of alkyl carbamates (subject to hydrolysis) is 1. The van der Waals surface area contributed by atoms with Crippen LogP contribution in [0.1, 0.15) is 34.6 Å². The van der Waals surface area contributed by atoms with Crippen LogP contribution in [0, 0.1) is 5.92 Å². The molecular weight excluding hydrogens is 236 g/mol. The number of nitrogens with two attached hydrogens (primary N) is 1. The lowest BCUT2D eigenvalue weighted by atomic mass is 10.2. The number of rotatable bonds is 5. The van der Waals surface area contributed by atoms with E-state index >= 15 is 0 Å². The summed E-state index contributed by atoms with van der Waals surface area (Å²) in [7, 11) is 0. The van der Waals surface area contributed by atoms with Crippen molar-refractivity contribution >= 4 is 12.1 Å². The Hall–Kier alpha value is -1.30. The fourth-order valence-electron chi connectivity index (χ4n) is 1.01. The summed E-state index contributed by atoms with van der Waals surface area (Å²) in [6, 6.07) is -0.876. The molecule has 0 spiro atoms. The third kappa shape index (κ3) is 7.89. The predicted octanol–water partition coefficient (Wildman–Crippen LogP) is 1.04.